The number of benzene rings is 5. The molecule has 0 aromatic heterocycles. The first-order chi connectivity index (χ1) is 18.8. The van der Waals surface area contributed by atoms with Crippen LogP contribution in [-0.2, 0) is 12.3 Å². The van der Waals surface area contributed by atoms with Crippen LogP contribution in [0.2, 0.25) is 0 Å². The maximum atomic E-state index is 5.79. The summed E-state index contributed by atoms with van der Waals surface area (Å²) in [5, 5.41) is 5.51. The van der Waals surface area contributed by atoms with E-state index in [1.165, 1.54) is 32.3 Å². The predicted octanol–water partition coefficient (Wildman–Crippen LogP) is 6.97. The number of hydrogen-bond acceptors (Lipinski definition) is 2. The van der Waals surface area contributed by atoms with Gasteiger partial charge in [0.25, 0.3) is 0 Å². The van der Waals surface area contributed by atoms with Crippen molar-refractivity contribution in [2.24, 2.45) is 0 Å². The Morgan fingerprint density at radius 1 is 0.421 bits per heavy atom. The Balaban J connectivity index is 1.61. The van der Waals surface area contributed by atoms with E-state index in [1.54, 1.807) is 14.2 Å². The van der Waals surface area contributed by atoms with Crippen LogP contribution in [0.5, 0.6) is 11.5 Å². The fraction of sp³-hybridized carbons (Fsp3) is 0.118. The fourth-order valence-electron chi connectivity index (χ4n) is 4.69. The molecule has 0 saturated heterocycles. The molecule has 2 nitrogen and oxygen atoms in total. The van der Waals surface area contributed by atoms with Gasteiger partial charge in [0.1, 0.15) is 0 Å². The summed E-state index contributed by atoms with van der Waals surface area (Å²) in [5.74, 6) is 1.57. The van der Waals surface area contributed by atoms with Gasteiger partial charge in [-0.3, -0.25) is 0 Å². The second-order valence-electron chi connectivity index (χ2n) is 8.99. The van der Waals surface area contributed by atoms with Crippen molar-refractivity contribution in [3.63, 3.8) is 0 Å². The van der Waals surface area contributed by atoms with Crippen LogP contribution in [0.4, 0.5) is 0 Å². The van der Waals surface area contributed by atoms with Crippen LogP contribution in [0.25, 0.3) is 0 Å². The van der Waals surface area contributed by atoms with E-state index in [0.29, 0.717) is 0 Å². The standard InChI is InChI=1S/C34H32O2P2/c1-35-33-23-27(25-37(29-15-7-3-8-16-29)30-17-9-4-10-18-30)28(24-34(33)36-2)26-38(31-19-11-5-12-20-31)32-21-13-6-14-22-32/h3-24H,25-26H2,1-2H3. The van der Waals surface area contributed by atoms with Gasteiger partial charge in [-0.05, 0) is 60.3 Å². The quantitative estimate of drug-likeness (QED) is 0.180. The average molecular weight is 535 g/mol. The van der Waals surface area contributed by atoms with Gasteiger partial charge in [-0.15, -0.1) is 0 Å². The third kappa shape index (κ3) is 6.16. The van der Waals surface area contributed by atoms with Gasteiger partial charge in [-0.1, -0.05) is 121 Å². The molecule has 0 amide bonds. The van der Waals surface area contributed by atoms with Crippen molar-refractivity contribution >= 4 is 37.1 Å². The third-order valence-corrected chi connectivity index (χ3v) is 11.6. The molecule has 38 heavy (non-hydrogen) atoms. The van der Waals surface area contributed by atoms with Gasteiger partial charge in [0, 0.05) is 12.3 Å². The maximum Gasteiger partial charge on any atom is 0.161 e. The Morgan fingerprint density at radius 2 is 0.684 bits per heavy atom. The van der Waals surface area contributed by atoms with E-state index in [9.17, 15) is 0 Å². The molecule has 4 heteroatoms. The molecule has 0 spiro atoms. The van der Waals surface area contributed by atoms with E-state index in [1.807, 2.05) is 0 Å². The van der Waals surface area contributed by atoms with Gasteiger partial charge in [0.05, 0.1) is 14.2 Å². The van der Waals surface area contributed by atoms with Crippen molar-refractivity contribution in [3.8, 4) is 11.5 Å². The average Bonchev–Trinajstić information content (AvgIpc) is 3.00. The smallest absolute Gasteiger partial charge is 0.161 e. The Hall–Kier alpha value is -3.44. The summed E-state index contributed by atoms with van der Waals surface area (Å²) in [6, 6.07) is 48.1. The van der Waals surface area contributed by atoms with Crippen molar-refractivity contribution < 1.29 is 9.47 Å². The Bertz CT molecular complexity index is 1230. The van der Waals surface area contributed by atoms with E-state index < -0.39 is 15.8 Å². The van der Waals surface area contributed by atoms with E-state index >= 15 is 0 Å². The molecule has 0 aliphatic carbocycles. The van der Waals surface area contributed by atoms with E-state index in [4.69, 9.17) is 9.47 Å². The lowest BCUT2D eigenvalue weighted by Gasteiger charge is -2.25. The maximum absolute atomic E-state index is 5.79. The summed E-state index contributed by atoms with van der Waals surface area (Å²) in [7, 11) is 2.25. The molecule has 0 aliphatic heterocycles. The van der Waals surface area contributed by atoms with Gasteiger partial charge >= 0.3 is 0 Å². The lowest BCUT2D eigenvalue weighted by Crippen LogP contribution is -2.16. The molecular weight excluding hydrogens is 502 g/mol. The van der Waals surface area contributed by atoms with Crippen molar-refractivity contribution in [3.05, 3.63) is 145 Å². The molecule has 5 rings (SSSR count). The molecule has 0 aliphatic rings. The van der Waals surface area contributed by atoms with Crippen molar-refractivity contribution in [1.82, 2.24) is 0 Å². The molecule has 0 bridgehead atoms. The molecule has 0 unspecified atom stereocenters. The fourth-order valence-corrected chi connectivity index (χ4v) is 9.42. The second kappa shape index (κ2) is 12.9. The summed E-state index contributed by atoms with van der Waals surface area (Å²) >= 11 is 0. The monoisotopic (exact) mass is 534 g/mol. The zero-order chi connectivity index (χ0) is 26.2. The molecular formula is C34H32O2P2. The minimum absolute atomic E-state index is 0.597. The molecule has 0 fully saturated rings. The SMILES string of the molecule is COc1cc(CP(c2ccccc2)c2ccccc2)c(CP(c2ccccc2)c2ccccc2)cc1OC. The highest BCUT2D eigenvalue weighted by molar-refractivity contribution is 7.72. The topological polar surface area (TPSA) is 18.5 Å². The Labute approximate surface area is 228 Å². The summed E-state index contributed by atoms with van der Waals surface area (Å²) in [5.41, 5.74) is 2.64. The number of ether oxygens (including phenoxy) is 2. The van der Waals surface area contributed by atoms with Crippen molar-refractivity contribution in [1.29, 1.82) is 0 Å². The van der Waals surface area contributed by atoms with Crippen LogP contribution in [0, 0.1) is 0 Å². The lowest BCUT2D eigenvalue weighted by atomic mass is 10.1. The van der Waals surface area contributed by atoms with Gasteiger partial charge < -0.3 is 9.47 Å². The van der Waals surface area contributed by atoms with Crippen LogP contribution < -0.4 is 30.7 Å². The van der Waals surface area contributed by atoms with Crippen molar-refractivity contribution in [2.75, 3.05) is 14.2 Å². The molecule has 190 valence electrons. The van der Waals surface area contributed by atoms with Gasteiger partial charge in [0.15, 0.2) is 11.5 Å². The summed E-state index contributed by atoms with van der Waals surface area (Å²) in [4.78, 5) is 0. The van der Waals surface area contributed by atoms with E-state index in [2.05, 4.69) is 133 Å². The normalized spacial score (nSPS) is 11.1. The van der Waals surface area contributed by atoms with Gasteiger partial charge in [0.2, 0.25) is 0 Å². The van der Waals surface area contributed by atoms with Crippen LogP contribution in [0.3, 0.4) is 0 Å². The third-order valence-electron chi connectivity index (χ3n) is 6.63. The molecule has 5 aromatic rings. The minimum atomic E-state index is -0.597. The minimum Gasteiger partial charge on any atom is -0.493 e. The van der Waals surface area contributed by atoms with Crippen LogP contribution in [0.15, 0.2) is 133 Å². The lowest BCUT2D eigenvalue weighted by molar-refractivity contribution is 0.354. The van der Waals surface area contributed by atoms with Crippen LogP contribution in [-0.4, -0.2) is 14.2 Å². The predicted molar refractivity (Wildman–Crippen MR) is 165 cm³/mol. The zero-order valence-corrected chi connectivity index (χ0v) is 23.6. The highest BCUT2D eigenvalue weighted by Crippen LogP contribution is 2.45. The molecule has 0 heterocycles. The first kappa shape index (κ1) is 26.2. The largest absolute Gasteiger partial charge is 0.493 e. The summed E-state index contributed by atoms with van der Waals surface area (Å²) in [6.45, 7) is 0. The molecule has 0 saturated carbocycles. The molecule has 0 N–H and O–H groups in total. The van der Waals surface area contributed by atoms with Gasteiger partial charge in [-0.2, -0.15) is 0 Å². The number of hydrogen-bond donors (Lipinski definition) is 0. The number of rotatable bonds is 10. The number of methoxy groups -OCH3 is 2. The first-order valence-electron chi connectivity index (χ1n) is 12.8. The summed E-state index contributed by atoms with van der Waals surface area (Å²) < 4.78 is 11.6. The highest BCUT2D eigenvalue weighted by atomic mass is 31.1. The Morgan fingerprint density at radius 3 is 0.921 bits per heavy atom. The first-order valence-corrected chi connectivity index (χ1v) is 15.8. The molecule has 5 aromatic carbocycles. The van der Waals surface area contributed by atoms with Crippen LogP contribution in [0.1, 0.15) is 11.1 Å². The second-order valence-corrected chi connectivity index (χ2v) is 13.4. The Kier molecular flexibility index (Phi) is 8.87. The summed E-state index contributed by atoms with van der Waals surface area (Å²) in [6.07, 6.45) is 1.87. The van der Waals surface area contributed by atoms with E-state index in [0.717, 1.165) is 23.8 Å². The van der Waals surface area contributed by atoms with E-state index in [-0.39, 0.29) is 0 Å². The highest BCUT2D eigenvalue weighted by Gasteiger charge is 2.22. The van der Waals surface area contributed by atoms with Crippen LogP contribution >= 0.6 is 15.8 Å². The zero-order valence-electron chi connectivity index (χ0n) is 21.8. The molecule has 0 radical (unpaired) electrons. The van der Waals surface area contributed by atoms with Gasteiger partial charge in [-0.25, -0.2) is 0 Å². The molecule has 0 atom stereocenters. The van der Waals surface area contributed by atoms with Crippen molar-refractivity contribution in [2.45, 2.75) is 12.3 Å².